The summed E-state index contributed by atoms with van der Waals surface area (Å²) in [6.07, 6.45) is 1.40. The van der Waals surface area contributed by atoms with Crippen molar-refractivity contribution in [1.82, 2.24) is 9.55 Å². The minimum Gasteiger partial charge on any atom is -0.492 e. The lowest BCUT2D eigenvalue weighted by atomic mass is 10.2. The summed E-state index contributed by atoms with van der Waals surface area (Å²) in [5.74, 6) is -0.00733. The van der Waals surface area contributed by atoms with E-state index in [0.717, 1.165) is 12.0 Å². The molecule has 10 nitrogen and oxygen atoms in total. The topological polar surface area (TPSA) is 146 Å². The highest BCUT2D eigenvalue weighted by Crippen LogP contribution is 2.26. The highest BCUT2D eigenvalue weighted by Gasteiger charge is 2.24. The monoisotopic (exact) mass is 490 g/mol. The molecule has 0 bridgehead atoms. The minimum atomic E-state index is -0.729. The first-order valence-electron chi connectivity index (χ1n) is 11.8. The molecule has 188 valence electrons. The van der Waals surface area contributed by atoms with E-state index in [1.165, 1.54) is 9.47 Å². The first-order valence-corrected chi connectivity index (χ1v) is 11.8. The van der Waals surface area contributed by atoms with Crippen LogP contribution in [0.5, 0.6) is 5.75 Å². The average molecular weight is 491 g/mol. The van der Waals surface area contributed by atoms with E-state index in [4.69, 9.17) is 10.5 Å². The molecule has 0 fully saturated rings. The average Bonchev–Trinajstić information content (AvgIpc) is 2.88. The molecule has 1 heterocycles. The Kier molecular flexibility index (Phi) is 8.89. The van der Waals surface area contributed by atoms with E-state index in [2.05, 4.69) is 16.4 Å². The Morgan fingerprint density at radius 2 is 1.94 bits per heavy atom. The van der Waals surface area contributed by atoms with Gasteiger partial charge in [-0.2, -0.15) is 5.26 Å². The molecule has 0 aliphatic heterocycles. The van der Waals surface area contributed by atoms with Crippen molar-refractivity contribution in [2.24, 2.45) is 0 Å². The van der Waals surface area contributed by atoms with E-state index in [1.54, 1.807) is 18.2 Å². The number of aromatic amines is 1. The fourth-order valence-electron chi connectivity index (χ4n) is 3.72. The number of anilines is 3. The van der Waals surface area contributed by atoms with Crippen LogP contribution >= 0.6 is 0 Å². The number of nitrogens with two attached hydrogens (primary N) is 1. The number of nitrogen functional groups attached to an aromatic ring is 1. The number of carbonyl (C=O) groups is 1. The standard InChI is InChI=1S/C26H30N6O4/c1-3-5-13-31(22(33)16-29-20-14-19(15-27)11-12-21(20)36-4-2)23-24(28)32(26(35)30-25(23)34)17-18-9-7-6-8-10-18/h6-12,14,29H,3-5,13,16-17,28H2,1-2H3,(H,30,34,35). The molecule has 0 aliphatic carbocycles. The van der Waals surface area contributed by atoms with Crippen molar-refractivity contribution < 1.29 is 9.53 Å². The molecule has 0 atom stereocenters. The van der Waals surface area contributed by atoms with Gasteiger partial charge in [0.15, 0.2) is 5.69 Å². The number of nitrogens with one attached hydrogen (secondary N) is 2. The number of amides is 1. The van der Waals surface area contributed by atoms with Crippen LogP contribution in [-0.4, -0.2) is 35.2 Å². The summed E-state index contributed by atoms with van der Waals surface area (Å²) in [6.45, 7) is 4.40. The Morgan fingerprint density at radius 1 is 1.19 bits per heavy atom. The Morgan fingerprint density at radius 3 is 2.61 bits per heavy atom. The maximum atomic E-state index is 13.4. The predicted molar refractivity (Wildman–Crippen MR) is 139 cm³/mol. The molecule has 1 aromatic heterocycles. The summed E-state index contributed by atoms with van der Waals surface area (Å²) in [5.41, 5.74) is 6.58. The summed E-state index contributed by atoms with van der Waals surface area (Å²) in [4.78, 5) is 42.4. The van der Waals surface area contributed by atoms with Crippen LogP contribution in [0.15, 0.2) is 58.1 Å². The van der Waals surface area contributed by atoms with Gasteiger partial charge in [-0.25, -0.2) is 4.79 Å². The molecule has 3 rings (SSSR count). The lowest BCUT2D eigenvalue weighted by Gasteiger charge is -2.25. The molecule has 0 saturated heterocycles. The van der Waals surface area contributed by atoms with E-state index in [-0.39, 0.29) is 31.1 Å². The van der Waals surface area contributed by atoms with Crippen LogP contribution in [0.3, 0.4) is 0 Å². The molecular formula is C26H30N6O4. The van der Waals surface area contributed by atoms with Crippen molar-refractivity contribution in [3.8, 4) is 11.8 Å². The smallest absolute Gasteiger partial charge is 0.330 e. The third-order valence-corrected chi connectivity index (χ3v) is 5.54. The van der Waals surface area contributed by atoms with Crippen LogP contribution in [0.25, 0.3) is 0 Å². The fourth-order valence-corrected chi connectivity index (χ4v) is 3.72. The van der Waals surface area contributed by atoms with E-state index >= 15 is 0 Å². The van der Waals surface area contributed by atoms with E-state index in [9.17, 15) is 19.6 Å². The Hall–Kier alpha value is -4.52. The van der Waals surface area contributed by atoms with Gasteiger partial charge in [-0.3, -0.25) is 19.1 Å². The second-order valence-electron chi connectivity index (χ2n) is 8.07. The van der Waals surface area contributed by atoms with Gasteiger partial charge in [0.2, 0.25) is 5.91 Å². The van der Waals surface area contributed by atoms with E-state index in [1.807, 2.05) is 44.2 Å². The first kappa shape index (κ1) is 26.1. The highest BCUT2D eigenvalue weighted by molar-refractivity contribution is 5.98. The molecule has 1 amide bonds. The van der Waals surface area contributed by atoms with Crippen LogP contribution < -0.4 is 31.9 Å². The molecule has 4 N–H and O–H groups in total. The van der Waals surface area contributed by atoms with E-state index in [0.29, 0.717) is 30.0 Å². The maximum Gasteiger partial charge on any atom is 0.330 e. The lowest BCUT2D eigenvalue weighted by Crippen LogP contribution is -2.43. The third kappa shape index (κ3) is 6.13. The number of rotatable bonds is 11. The molecule has 0 aliphatic rings. The maximum absolute atomic E-state index is 13.4. The summed E-state index contributed by atoms with van der Waals surface area (Å²) >= 11 is 0. The van der Waals surface area contributed by atoms with Crippen molar-refractivity contribution in [1.29, 1.82) is 5.26 Å². The number of ether oxygens (including phenoxy) is 1. The number of H-pyrrole nitrogens is 1. The van der Waals surface area contributed by atoms with Gasteiger partial charge in [0.25, 0.3) is 5.56 Å². The first-order chi connectivity index (χ1) is 17.4. The number of nitrogens with zero attached hydrogens (tertiary/aromatic N) is 3. The largest absolute Gasteiger partial charge is 0.492 e. The van der Waals surface area contributed by atoms with Crippen molar-refractivity contribution in [2.75, 3.05) is 35.6 Å². The van der Waals surface area contributed by atoms with Crippen LogP contribution in [0.4, 0.5) is 17.2 Å². The Labute approximate surface area is 208 Å². The van der Waals surface area contributed by atoms with Gasteiger partial charge in [0.05, 0.1) is 37.0 Å². The molecule has 0 radical (unpaired) electrons. The highest BCUT2D eigenvalue weighted by atomic mass is 16.5. The van der Waals surface area contributed by atoms with Gasteiger partial charge < -0.3 is 20.7 Å². The number of hydrogen-bond donors (Lipinski definition) is 3. The predicted octanol–water partition coefficient (Wildman–Crippen LogP) is 2.68. The van der Waals surface area contributed by atoms with Crippen LogP contribution in [0, 0.1) is 11.3 Å². The summed E-state index contributed by atoms with van der Waals surface area (Å²) < 4.78 is 6.84. The third-order valence-electron chi connectivity index (χ3n) is 5.54. The van der Waals surface area contributed by atoms with Crippen molar-refractivity contribution in [2.45, 2.75) is 33.2 Å². The van der Waals surface area contributed by atoms with Crippen LogP contribution in [0.2, 0.25) is 0 Å². The van der Waals surface area contributed by atoms with E-state index < -0.39 is 17.2 Å². The number of nitriles is 1. The van der Waals surface area contributed by atoms with Gasteiger partial charge in [0.1, 0.15) is 11.6 Å². The second kappa shape index (κ2) is 12.3. The van der Waals surface area contributed by atoms with Gasteiger partial charge in [-0.15, -0.1) is 0 Å². The second-order valence-corrected chi connectivity index (χ2v) is 8.07. The zero-order valence-corrected chi connectivity index (χ0v) is 20.4. The van der Waals surface area contributed by atoms with Gasteiger partial charge in [-0.05, 0) is 37.1 Å². The number of carbonyl (C=O) groups excluding carboxylic acids is 1. The van der Waals surface area contributed by atoms with Gasteiger partial charge >= 0.3 is 5.69 Å². The zero-order chi connectivity index (χ0) is 26.1. The number of aromatic nitrogens is 2. The molecule has 0 saturated carbocycles. The Bertz CT molecular complexity index is 1360. The molecule has 36 heavy (non-hydrogen) atoms. The molecule has 10 heteroatoms. The molecule has 0 spiro atoms. The minimum absolute atomic E-state index is 0.0680. The number of benzene rings is 2. The van der Waals surface area contributed by atoms with Gasteiger partial charge in [-0.1, -0.05) is 43.7 Å². The molecule has 3 aromatic rings. The molecular weight excluding hydrogens is 460 g/mol. The van der Waals surface area contributed by atoms with Crippen LogP contribution in [0.1, 0.15) is 37.8 Å². The number of hydrogen-bond acceptors (Lipinski definition) is 7. The van der Waals surface area contributed by atoms with Crippen LogP contribution in [-0.2, 0) is 11.3 Å². The number of unbranched alkanes of at least 4 members (excludes halogenated alkanes) is 1. The van der Waals surface area contributed by atoms with Crippen molar-refractivity contribution in [3.63, 3.8) is 0 Å². The van der Waals surface area contributed by atoms with Crippen molar-refractivity contribution in [3.05, 3.63) is 80.5 Å². The Balaban J connectivity index is 1.95. The fraction of sp³-hybridized carbons (Fsp3) is 0.308. The zero-order valence-electron chi connectivity index (χ0n) is 20.4. The summed E-state index contributed by atoms with van der Waals surface area (Å²) in [5, 5.41) is 12.3. The summed E-state index contributed by atoms with van der Waals surface area (Å²) in [7, 11) is 0. The quantitative estimate of drug-likeness (QED) is 0.374. The lowest BCUT2D eigenvalue weighted by molar-refractivity contribution is -0.117. The molecule has 0 unspecified atom stereocenters. The van der Waals surface area contributed by atoms with Gasteiger partial charge in [0, 0.05) is 6.54 Å². The SMILES string of the molecule is CCCCN(C(=O)CNc1cc(C#N)ccc1OCC)c1c(N)n(Cc2ccccc2)c(=O)[nH]c1=O. The normalized spacial score (nSPS) is 10.5. The van der Waals surface area contributed by atoms with Crippen molar-refractivity contribution >= 4 is 23.1 Å². The summed E-state index contributed by atoms with van der Waals surface area (Å²) in [6, 6.07) is 16.1. The molecule has 2 aromatic carbocycles.